The molecule has 1 aliphatic heterocycles. The topological polar surface area (TPSA) is 23.5 Å². The highest BCUT2D eigenvalue weighted by Crippen LogP contribution is 2.29. The first-order valence-corrected chi connectivity index (χ1v) is 7.08. The Labute approximate surface area is 110 Å². The van der Waals surface area contributed by atoms with Gasteiger partial charge in [-0.3, -0.25) is 4.90 Å². The fourth-order valence-electron chi connectivity index (χ4n) is 2.13. The largest absolute Gasteiger partial charge is 0.387 e. The molecule has 2 unspecified atom stereocenters. The van der Waals surface area contributed by atoms with Gasteiger partial charge in [0.25, 0.3) is 0 Å². The molecule has 1 aliphatic rings. The number of hydrogen-bond donors (Lipinski definition) is 1. The van der Waals surface area contributed by atoms with E-state index in [1.807, 2.05) is 11.9 Å². The van der Waals surface area contributed by atoms with Crippen molar-refractivity contribution >= 4 is 11.8 Å². The fraction of sp³-hybridized carbons (Fsp3) is 0.538. The average Bonchev–Trinajstić information content (AvgIpc) is 2.36. The van der Waals surface area contributed by atoms with Gasteiger partial charge >= 0.3 is 0 Å². The molecule has 1 aromatic carbocycles. The van der Waals surface area contributed by atoms with E-state index in [0.717, 1.165) is 18.1 Å². The molecule has 1 N–H and O–H groups in total. The number of nitrogens with zero attached hydrogens (tertiary/aromatic N) is 1. The van der Waals surface area contributed by atoms with Crippen molar-refractivity contribution in [3.63, 3.8) is 0 Å². The van der Waals surface area contributed by atoms with Gasteiger partial charge in [-0.15, -0.1) is 0 Å². The molecule has 100 valence electrons. The van der Waals surface area contributed by atoms with Crippen LogP contribution in [0.3, 0.4) is 0 Å². The zero-order chi connectivity index (χ0) is 13.3. The number of thioether (sulfide) groups is 1. The van der Waals surface area contributed by atoms with Gasteiger partial charge in [-0.1, -0.05) is 12.1 Å². The van der Waals surface area contributed by atoms with E-state index in [4.69, 9.17) is 0 Å². The summed E-state index contributed by atoms with van der Waals surface area (Å²) in [7, 11) is 1.90. The Bertz CT molecular complexity index is 441. The van der Waals surface area contributed by atoms with Crippen molar-refractivity contribution in [1.82, 2.24) is 4.90 Å². The van der Waals surface area contributed by atoms with Crippen LogP contribution in [0.2, 0.25) is 0 Å². The number of halogens is 2. The molecular weight excluding hydrogens is 256 g/mol. The first-order valence-electron chi connectivity index (χ1n) is 5.93. The molecule has 0 bridgehead atoms. The second kappa shape index (κ2) is 5.55. The first kappa shape index (κ1) is 13.8. The maximum absolute atomic E-state index is 13.8. The predicted molar refractivity (Wildman–Crippen MR) is 69.8 cm³/mol. The van der Waals surface area contributed by atoms with Crippen LogP contribution in [-0.4, -0.2) is 41.1 Å². The van der Waals surface area contributed by atoms with E-state index < -0.39 is 17.7 Å². The van der Waals surface area contributed by atoms with E-state index in [1.54, 1.807) is 11.8 Å². The maximum atomic E-state index is 13.8. The minimum Gasteiger partial charge on any atom is -0.387 e. The normalized spacial score (nSPS) is 23.1. The highest BCUT2D eigenvalue weighted by Gasteiger charge is 2.30. The van der Waals surface area contributed by atoms with Gasteiger partial charge in [-0.25, -0.2) is 8.78 Å². The summed E-state index contributed by atoms with van der Waals surface area (Å²) in [6, 6.07) is 2.82. The first-order chi connectivity index (χ1) is 8.52. The van der Waals surface area contributed by atoms with Gasteiger partial charge in [0.1, 0.15) is 0 Å². The molecular formula is C13H17F2NOS. The van der Waals surface area contributed by atoms with E-state index in [2.05, 4.69) is 0 Å². The molecule has 0 radical (unpaired) electrons. The summed E-state index contributed by atoms with van der Waals surface area (Å²) in [5.74, 6) is -0.0546. The lowest BCUT2D eigenvalue weighted by molar-refractivity contribution is 0.0725. The Morgan fingerprint density at radius 1 is 1.39 bits per heavy atom. The summed E-state index contributed by atoms with van der Waals surface area (Å²) in [6.45, 7) is 2.36. The third-order valence-corrected chi connectivity index (χ3v) is 4.48. The SMILES string of the molecule is Cc1ccc(C(O)C2CSCCN2C)c(F)c1F. The van der Waals surface area contributed by atoms with Gasteiger partial charge in [0, 0.05) is 29.7 Å². The summed E-state index contributed by atoms with van der Waals surface area (Å²) in [6.07, 6.45) is -0.988. The van der Waals surface area contributed by atoms with Gasteiger partial charge in [-0.05, 0) is 19.5 Å². The number of aliphatic hydroxyl groups excluding tert-OH is 1. The van der Waals surface area contributed by atoms with Crippen molar-refractivity contribution in [2.24, 2.45) is 0 Å². The number of aryl methyl sites for hydroxylation is 1. The highest BCUT2D eigenvalue weighted by atomic mass is 32.2. The van der Waals surface area contributed by atoms with Crippen LogP contribution in [0.4, 0.5) is 8.78 Å². The Morgan fingerprint density at radius 3 is 2.78 bits per heavy atom. The van der Waals surface area contributed by atoms with E-state index >= 15 is 0 Å². The van der Waals surface area contributed by atoms with E-state index in [-0.39, 0.29) is 17.2 Å². The van der Waals surface area contributed by atoms with Crippen LogP contribution in [0.5, 0.6) is 0 Å². The molecule has 1 heterocycles. The molecule has 18 heavy (non-hydrogen) atoms. The molecule has 1 aromatic rings. The second-order valence-electron chi connectivity index (χ2n) is 4.67. The van der Waals surface area contributed by atoms with Crippen molar-refractivity contribution < 1.29 is 13.9 Å². The van der Waals surface area contributed by atoms with Crippen molar-refractivity contribution in [2.45, 2.75) is 19.1 Å². The predicted octanol–water partition coefficient (Wildman–Crippen LogP) is 2.35. The number of hydrogen-bond acceptors (Lipinski definition) is 3. The standard InChI is InChI=1S/C13H17F2NOS/c1-8-3-4-9(12(15)11(8)14)13(17)10-7-18-6-5-16(10)2/h3-4,10,13,17H,5-7H2,1-2H3. The van der Waals surface area contributed by atoms with Crippen LogP contribution in [0, 0.1) is 18.6 Å². The smallest absolute Gasteiger partial charge is 0.164 e. The van der Waals surface area contributed by atoms with Crippen molar-refractivity contribution in [2.75, 3.05) is 25.1 Å². The third kappa shape index (κ3) is 2.53. The minimum absolute atomic E-state index is 0.0532. The summed E-state index contributed by atoms with van der Waals surface area (Å²) in [4.78, 5) is 2.00. The number of aliphatic hydroxyl groups is 1. The molecule has 5 heteroatoms. The van der Waals surface area contributed by atoms with Crippen molar-refractivity contribution in [3.8, 4) is 0 Å². The third-order valence-electron chi connectivity index (χ3n) is 3.43. The zero-order valence-electron chi connectivity index (χ0n) is 10.5. The molecule has 0 aromatic heterocycles. The van der Waals surface area contributed by atoms with Gasteiger partial charge < -0.3 is 5.11 Å². The van der Waals surface area contributed by atoms with Crippen LogP contribution < -0.4 is 0 Å². The monoisotopic (exact) mass is 273 g/mol. The molecule has 1 fully saturated rings. The highest BCUT2D eigenvalue weighted by molar-refractivity contribution is 7.99. The maximum Gasteiger partial charge on any atom is 0.164 e. The molecule has 0 amide bonds. The fourth-order valence-corrected chi connectivity index (χ4v) is 3.40. The Hall–Kier alpha value is -0.650. The van der Waals surface area contributed by atoms with Crippen LogP contribution in [0.15, 0.2) is 12.1 Å². The summed E-state index contributed by atoms with van der Waals surface area (Å²) in [5, 5.41) is 10.3. The van der Waals surface area contributed by atoms with E-state index in [9.17, 15) is 13.9 Å². The van der Waals surface area contributed by atoms with Crippen LogP contribution >= 0.6 is 11.8 Å². The van der Waals surface area contributed by atoms with Gasteiger partial charge in [-0.2, -0.15) is 11.8 Å². The van der Waals surface area contributed by atoms with Crippen molar-refractivity contribution in [1.29, 1.82) is 0 Å². The molecule has 0 spiro atoms. The van der Waals surface area contributed by atoms with Gasteiger partial charge in [0.15, 0.2) is 11.6 Å². The second-order valence-corrected chi connectivity index (χ2v) is 5.82. The molecule has 2 nitrogen and oxygen atoms in total. The number of benzene rings is 1. The lowest BCUT2D eigenvalue weighted by atomic mass is 10.00. The molecule has 1 saturated heterocycles. The lowest BCUT2D eigenvalue weighted by Gasteiger charge is -2.35. The molecule has 0 aliphatic carbocycles. The quantitative estimate of drug-likeness (QED) is 0.895. The van der Waals surface area contributed by atoms with E-state index in [1.165, 1.54) is 19.1 Å². The Morgan fingerprint density at radius 2 is 2.11 bits per heavy atom. The Balaban J connectivity index is 2.28. The molecule has 0 saturated carbocycles. The minimum atomic E-state index is -0.988. The van der Waals surface area contributed by atoms with Gasteiger partial charge in [0.05, 0.1) is 6.10 Å². The number of likely N-dealkylation sites (N-methyl/N-ethyl adjacent to an activating group) is 1. The average molecular weight is 273 g/mol. The van der Waals surface area contributed by atoms with Crippen LogP contribution in [0.25, 0.3) is 0 Å². The van der Waals surface area contributed by atoms with Gasteiger partial charge in [0.2, 0.25) is 0 Å². The van der Waals surface area contributed by atoms with Crippen LogP contribution in [0.1, 0.15) is 17.2 Å². The van der Waals surface area contributed by atoms with Crippen molar-refractivity contribution in [3.05, 3.63) is 34.9 Å². The number of rotatable bonds is 2. The van der Waals surface area contributed by atoms with Crippen LogP contribution in [-0.2, 0) is 0 Å². The summed E-state index contributed by atoms with van der Waals surface area (Å²) < 4.78 is 27.3. The lowest BCUT2D eigenvalue weighted by Crippen LogP contribution is -2.43. The molecule has 2 rings (SSSR count). The summed E-state index contributed by atoms with van der Waals surface area (Å²) >= 11 is 1.73. The zero-order valence-corrected chi connectivity index (χ0v) is 11.3. The molecule has 2 atom stereocenters. The Kier molecular flexibility index (Phi) is 4.25. The van der Waals surface area contributed by atoms with E-state index in [0.29, 0.717) is 0 Å². The summed E-state index contributed by atoms with van der Waals surface area (Å²) in [5.41, 5.74) is 0.312.